The van der Waals surface area contributed by atoms with Gasteiger partial charge >= 0.3 is 6.18 Å². The molecule has 0 radical (unpaired) electrons. The SMILES string of the molecule is CN=C(NCC1CCN(CC(F)(F)F)C1)N(C)Cc1ccccc1Br.I. The number of likely N-dealkylation sites (tertiary alicyclic amines) is 1. The third-order valence-corrected chi connectivity index (χ3v) is 5.03. The van der Waals surface area contributed by atoms with E-state index >= 15 is 0 Å². The molecule has 0 bridgehead atoms. The summed E-state index contributed by atoms with van der Waals surface area (Å²) < 4.78 is 38.4. The van der Waals surface area contributed by atoms with Crippen molar-refractivity contribution in [3.8, 4) is 0 Å². The maximum Gasteiger partial charge on any atom is 0.401 e. The lowest BCUT2D eigenvalue weighted by Crippen LogP contribution is -2.41. The van der Waals surface area contributed by atoms with E-state index in [9.17, 15) is 13.2 Å². The second-order valence-electron chi connectivity index (χ2n) is 6.38. The van der Waals surface area contributed by atoms with E-state index in [0.29, 0.717) is 26.2 Å². The third-order valence-electron chi connectivity index (χ3n) is 4.26. The summed E-state index contributed by atoms with van der Waals surface area (Å²) in [6.45, 7) is 1.46. The van der Waals surface area contributed by atoms with Crippen LogP contribution in [0.2, 0.25) is 0 Å². The predicted molar refractivity (Wildman–Crippen MR) is 113 cm³/mol. The summed E-state index contributed by atoms with van der Waals surface area (Å²) in [5, 5.41) is 3.29. The van der Waals surface area contributed by atoms with Crippen LogP contribution in [-0.4, -0.2) is 62.2 Å². The predicted octanol–water partition coefficient (Wildman–Crippen LogP) is 3.96. The summed E-state index contributed by atoms with van der Waals surface area (Å²) in [4.78, 5) is 7.75. The van der Waals surface area contributed by atoms with Crippen LogP contribution in [0.4, 0.5) is 13.2 Å². The highest BCUT2D eigenvalue weighted by molar-refractivity contribution is 14.0. The first-order chi connectivity index (χ1) is 11.8. The normalized spacial score (nSPS) is 18.5. The number of nitrogens with one attached hydrogen (secondary N) is 1. The molecular formula is C17H25BrF3IN4. The molecule has 0 spiro atoms. The van der Waals surface area contributed by atoms with Crippen molar-refractivity contribution in [3.63, 3.8) is 0 Å². The van der Waals surface area contributed by atoms with Crippen LogP contribution in [0.1, 0.15) is 12.0 Å². The molecule has 1 unspecified atom stereocenters. The van der Waals surface area contributed by atoms with Gasteiger partial charge in [-0.05, 0) is 30.5 Å². The van der Waals surface area contributed by atoms with E-state index in [1.165, 1.54) is 4.90 Å². The molecule has 1 aromatic rings. The molecule has 1 N–H and O–H groups in total. The Bertz CT molecular complexity index is 598. The Kier molecular flexibility index (Phi) is 9.67. The van der Waals surface area contributed by atoms with Gasteiger partial charge in [-0.15, -0.1) is 24.0 Å². The molecule has 1 aliphatic heterocycles. The van der Waals surface area contributed by atoms with Gasteiger partial charge in [-0.25, -0.2) is 0 Å². The maximum atomic E-state index is 12.5. The van der Waals surface area contributed by atoms with Gasteiger partial charge in [0.15, 0.2) is 5.96 Å². The Morgan fingerprint density at radius 1 is 1.38 bits per heavy atom. The van der Waals surface area contributed by atoms with Gasteiger partial charge in [-0.3, -0.25) is 9.89 Å². The van der Waals surface area contributed by atoms with Gasteiger partial charge in [0.2, 0.25) is 0 Å². The molecule has 1 fully saturated rings. The fourth-order valence-corrected chi connectivity index (χ4v) is 3.46. The van der Waals surface area contributed by atoms with Crippen molar-refractivity contribution in [2.75, 3.05) is 40.3 Å². The van der Waals surface area contributed by atoms with Crippen LogP contribution in [0, 0.1) is 5.92 Å². The molecule has 9 heteroatoms. The first-order valence-corrected chi connectivity index (χ1v) is 9.02. The second kappa shape index (κ2) is 10.7. The van der Waals surface area contributed by atoms with Gasteiger partial charge < -0.3 is 10.2 Å². The summed E-state index contributed by atoms with van der Waals surface area (Å²) in [6.07, 6.45) is -3.35. The van der Waals surface area contributed by atoms with Gasteiger partial charge in [0, 0.05) is 38.2 Å². The molecule has 1 saturated heterocycles. The van der Waals surface area contributed by atoms with Crippen molar-refractivity contribution in [1.29, 1.82) is 0 Å². The molecule has 0 aliphatic carbocycles. The molecule has 0 amide bonds. The van der Waals surface area contributed by atoms with Crippen LogP contribution in [-0.2, 0) is 6.54 Å². The first-order valence-electron chi connectivity index (χ1n) is 8.23. The van der Waals surface area contributed by atoms with E-state index in [4.69, 9.17) is 0 Å². The Hall–Kier alpha value is -0.550. The van der Waals surface area contributed by atoms with Crippen molar-refractivity contribution >= 4 is 45.9 Å². The average Bonchev–Trinajstić information content (AvgIpc) is 2.95. The zero-order valence-electron chi connectivity index (χ0n) is 14.9. The summed E-state index contributed by atoms with van der Waals surface area (Å²) in [5.74, 6) is 0.945. The van der Waals surface area contributed by atoms with E-state index in [2.05, 4.69) is 26.2 Å². The third kappa shape index (κ3) is 7.59. The molecule has 0 saturated carbocycles. The average molecular weight is 549 g/mol. The van der Waals surface area contributed by atoms with Crippen LogP contribution in [0.25, 0.3) is 0 Å². The number of alkyl halides is 3. The van der Waals surface area contributed by atoms with Crippen molar-refractivity contribution in [2.45, 2.75) is 19.1 Å². The fourth-order valence-electron chi connectivity index (χ4n) is 3.05. The summed E-state index contributed by atoms with van der Waals surface area (Å²) in [6, 6.07) is 7.98. The second-order valence-corrected chi connectivity index (χ2v) is 7.23. The van der Waals surface area contributed by atoms with Crippen molar-refractivity contribution in [3.05, 3.63) is 34.3 Å². The first kappa shape index (κ1) is 23.5. The molecule has 1 heterocycles. The maximum absolute atomic E-state index is 12.5. The highest BCUT2D eigenvalue weighted by Gasteiger charge is 2.34. The van der Waals surface area contributed by atoms with Gasteiger partial charge in [0.05, 0.1) is 6.54 Å². The number of hydrogen-bond donors (Lipinski definition) is 1. The minimum Gasteiger partial charge on any atom is -0.356 e. The van der Waals surface area contributed by atoms with E-state index in [1.54, 1.807) is 7.05 Å². The van der Waals surface area contributed by atoms with Gasteiger partial charge in [0.25, 0.3) is 0 Å². The number of aliphatic imine (C=N–C) groups is 1. The topological polar surface area (TPSA) is 30.9 Å². The minimum atomic E-state index is -4.12. The molecule has 0 aromatic heterocycles. The van der Waals surface area contributed by atoms with E-state index in [-0.39, 0.29) is 29.9 Å². The lowest BCUT2D eigenvalue weighted by molar-refractivity contribution is -0.143. The summed E-state index contributed by atoms with van der Waals surface area (Å²) in [5.41, 5.74) is 1.14. The van der Waals surface area contributed by atoms with Crippen LogP contribution >= 0.6 is 39.9 Å². The molecule has 2 rings (SSSR count). The molecular weight excluding hydrogens is 524 g/mol. The number of benzene rings is 1. The number of rotatable bonds is 5. The standard InChI is InChI=1S/C17H24BrF3N4.HI/c1-22-16(24(2)11-14-5-3-4-6-15(14)18)23-9-13-7-8-25(10-13)12-17(19,20)21;/h3-6,13H,7-12H2,1-2H3,(H,22,23);1H. The smallest absolute Gasteiger partial charge is 0.356 e. The Balaban J connectivity index is 0.00000338. The Morgan fingerprint density at radius 2 is 2.08 bits per heavy atom. The van der Waals surface area contributed by atoms with Crippen LogP contribution in [0.15, 0.2) is 33.7 Å². The monoisotopic (exact) mass is 548 g/mol. The number of halogens is 5. The molecule has 1 atom stereocenters. The zero-order chi connectivity index (χ0) is 18.4. The van der Waals surface area contributed by atoms with Crippen molar-refractivity contribution < 1.29 is 13.2 Å². The van der Waals surface area contributed by atoms with Crippen molar-refractivity contribution in [2.24, 2.45) is 10.9 Å². The minimum absolute atomic E-state index is 0. The zero-order valence-corrected chi connectivity index (χ0v) is 18.8. The van der Waals surface area contributed by atoms with E-state index in [1.807, 2.05) is 36.2 Å². The largest absolute Gasteiger partial charge is 0.401 e. The highest BCUT2D eigenvalue weighted by atomic mass is 127. The Morgan fingerprint density at radius 3 is 2.69 bits per heavy atom. The molecule has 1 aliphatic rings. The summed E-state index contributed by atoms with van der Waals surface area (Å²) >= 11 is 3.53. The quantitative estimate of drug-likeness (QED) is 0.343. The van der Waals surface area contributed by atoms with Crippen molar-refractivity contribution in [1.82, 2.24) is 15.1 Å². The van der Waals surface area contributed by atoms with Crippen LogP contribution in [0.3, 0.4) is 0 Å². The van der Waals surface area contributed by atoms with Gasteiger partial charge in [-0.1, -0.05) is 34.1 Å². The van der Waals surface area contributed by atoms with Crippen LogP contribution in [0.5, 0.6) is 0 Å². The highest BCUT2D eigenvalue weighted by Crippen LogP contribution is 2.22. The molecule has 1 aromatic carbocycles. The number of nitrogens with zero attached hydrogens (tertiary/aromatic N) is 3. The Labute approximate surface area is 178 Å². The van der Waals surface area contributed by atoms with E-state index in [0.717, 1.165) is 22.4 Å². The molecule has 26 heavy (non-hydrogen) atoms. The molecule has 148 valence electrons. The van der Waals surface area contributed by atoms with E-state index < -0.39 is 12.7 Å². The van der Waals surface area contributed by atoms with Crippen LogP contribution < -0.4 is 5.32 Å². The summed E-state index contributed by atoms with van der Waals surface area (Å²) in [7, 11) is 3.66. The van der Waals surface area contributed by atoms with Gasteiger partial charge in [0.1, 0.15) is 0 Å². The lowest BCUT2D eigenvalue weighted by atomic mass is 10.1. The number of guanidine groups is 1. The lowest BCUT2D eigenvalue weighted by Gasteiger charge is -2.24. The number of hydrogen-bond acceptors (Lipinski definition) is 2. The molecule has 4 nitrogen and oxygen atoms in total. The fraction of sp³-hybridized carbons (Fsp3) is 0.588. The van der Waals surface area contributed by atoms with Gasteiger partial charge in [-0.2, -0.15) is 13.2 Å².